The van der Waals surface area contributed by atoms with Gasteiger partial charge in [0.25, 0.3) is 0 Å². The number of nitrogens with one attached hydrogen (secondary N) is 2. The lowest BCUT2D eigenvalue weighted by Gasteiger charge is -2.18. The molecule has 0 bridgehead atoms. The minimum Gasteiger partial charge on any atom is -0.465 e. The van der Waals surface area contributed by atoms with Crippen LogP contribution in [0.25, 0.3) is 0 Å². The zero-order chi connectivity index (χ0) is 18.2. The maximum absolute atomic E-state index is 12.3. The highest BCUT2D eigenvalue weighted by molar-refractivity contribution is 5.93. The Hall–Kier alpha value is -3.15. The van der Waals surface area contributed by atoms with Gasteiger partial charge in [0.05, 0.1) is 25.1 Å². The van der Waals surface area contributed by atoms with E-state index in [4.69, 9.17) is 0 Å². The fraction of sp³-hybridized carbons (Fsp3) is 0.211. The van der Waals surface area contributed by atoms with E-state index in [0.29, 0.717) is 11.3 Å². The minimum atomic E-state index is -0.437. The van der Waals surface area contributed by atoms with E-state index in [2.05, 4.69) is 15.4 Å². The first kappa shape index (κ1) is 18.2. The van der Waals surface area contributed by atoms with Crippen molar-refractivity contribution in [2.45, 2.75) is 19.4 Å². The van der Waals surface area contributed by atoms with Gasteiger partial charge in [-0.15, -0.1) is 0 Å². The Kier molecular flexibility index (Phi) is 6.28. The number of rotatable bonds is 6. The van der Waals surface area contributed by atoms with Gasteiger partial charge in [-0.3, -0.25) is 9.59 Å². The summed E-state index contributed by atoms with van der Waals surface area (Å²) in [6.45, 7) is 1.42. The molecule has 2 amide bonds. The Morgan fingerprint density at radius 1 is 1.00 bits per heavy atom. The molecule has 2 aromatic carbocycles. The smallest absolute Gasteiger partial charge is 0.337 e. The second-order valence-corrected chi connectivity index (χ2v) is 5.49. The summed E-state index contributed by atoms with van der Waals surface area (Å²) in [4.78, 5) is 35.1. The van der Waals surface area contributed by atoms with Crippen molar-refractivity contribution in [3.8, 4) is 0 Å². The third-order valence-corrected chi connectivity index (χ3v) is 3.56. The van der Waals surface area contributed by atoms with Crippen LogP contribution >= 0.6 is 0 Å². The molecule has 1 atom stereocenters. The Labute approximate surface area is 146 Å². The first-order valence-electron chi connectivity index (χ1n) is 7.80. The van der Waals surface area contributed by atoms with Crippen LogP contribution in [-0.4, -0.2) is 24.9 Å². The van der Waals surface area contributed by atoms with E-state index >= 15 is 0 Å². The lowest BCUT2D eigenvalue weighted by atomic mass is 10.0. The van der Waals surface area contributed by atoms with Crippen LogP contribution in [-0.2, 0) is 14.3 Å². The number of amides is 2. The van der Waals surface area contributed by atoms with Crippen LogP contribution in [0.2, 0.25) is 0 Å². The Balaban J connectivity index is 2.03. The third kappa shape index (κ3) is 5.46. The summed E-state index contributed by atoms with van der Waals surface area (Å²) in [5.74, 6) is -0.884. The van der Waals surface area contributed by atoms with Crippen molar-refractivity contribution in [2.75, 3.05) is 12.4 Å². The molecule has 6 nitrogen and oxygen atoms in total. The first-order chi connectivity index (χ1) is 12.0. The molecular formula is C19H20N2O4. The van der Waals surface area contributed by atoms with Gasteiger partial charge in [-0.2, -0.15) is 0 Å². The molecule has 0 radical (unpaired) electrons. The molecule has 0 aliphatic heterocycles. The highest BCUT2D eigenvalue weighted by Crippen LogP contribution is 2.18. The van der Waals surface area contributed by atoms with Gasteiger partial charge in [0, 0.05) is 12.6 Å². The van der Waals surface area contributed by atoms with Gasteiger partial charge >= 0.3 is 5.97 Å². The monoisotopic (exact) mass is 340 g/mol. The van der Waals surface area contributed by atoms with Crippen LogP contribution in [0.3, 0.4) is 0 Å². The summed E-state index contributed by atoms with van der Waals surface area (Å²) in [7, 11) is 1.31. The van der Waals surface area contributed by atoms with Crippen LogP contribution < -0.4 is 10.6 Å². The molecule has 130 valence electrons. The Bertz CT molecular complexity index is 742. The predicted molar refractivity (Wildman–Crippen MR) is 94.0 cm³/mol. The van der Waals surface area contributed by atoms with Crippen LogP contribution in [0.1, 0.15) is 35.3 Å². The number of hydrogen-bond acceptors (Lipinski definition) is 4. The van der Waals surface area contributed by atoms with E-state index in [-0.39, 0.29) is 18.2 Å². The molecule has 25 heavy (non-hydrogen) atoms. The van der Waals surface area contributed by atoms with E-state index in [1.54, 1.807) is 24.3 Å². The first-order valence-corrected chi connectivity index (χ1v) is 7.80. The van der Waals surface area contributed by atoms with Crippen molar-refractivity contribution in [2.24, 2.45) is 0 Å². The molecule has 0 saturated heterocycles. The average Bonchev–Trinajstić information content (AvgIpc) is 2.61. The van der Waals surface area contributed by atoms with Crippen LogP contribution in [0.5, 0.6) is 0 Å². The number of esters is 1. The van der Waals surface area contributed by atoms with Crippen molar-refractivity contribution in [1.82, 2.24) is 5.32 Å². The van der Waals surface area contributed by atoms with Crippen molar-refractivity contribution in [3.05, 3.63) is 65.7 Å². The summed E-state index contributed by atoms with van der Waals surface area (Å²) in [6, 6.07) is 15.3. The zero-order valence-electron chi connectivity index (χ0n) is 14.1. The van der Waals surface area contributed by atoms with Gasteiger partial charge in [0.15, 0.2) is 0 Å². The summed E-state index contributed by atoms with van der Waals surface area (Å²) in [5, 5.41) is 5.54. The van der Waals surface area contributed by atoms with Crippen LogP contribution in [0.15, 0.2) is 54.6 Å². The molecule has 0 aromatic heterocycles. The molecule has 0 fully saturated rings. The Morgan fingerprint density at radius 3 is 2.20 bits per heavy atom. The normalized spacial score (nSPS) is 11.3. The van der Waals surface area contributed by atoms with E-state index in [1.807, 2.05) is 30.3 Å². The highest BCUT2D eigenvalue weighted by Gasteiger charge is 2.17. The summed E-state index contributed by atoms with van der Waals surface area (Å²) in [5.41, 5.74) is 1.82. The van der Waals surface area contributed by atoms with Crippen LogP contribution in [0, 0.1) is 0 Å². The number of hydrogen-bond donors (Lipinski definition) is 2. The third-order valence-electron chi connectivity index (χ3n) is 3.56. The average molecular weight is 340 g/mol. The SMILES string of the molecule is COC(=O)c1ccc(NC(=O)CC(NC(C)=O)c2ccccc2)cc1. The van der Waals surface area contributed by atoms with E-state index in [0.717, 1.165) is 5.56 Å². The molecular weight excluding hydrogens is 320 g/mol. The zero-order valence-corrected chi connectivity index (χ0v) is 14.1. The van der Waals surface area contributed by atoms with Crippen LogP contribution in [0.4, 0.5) is 5.69 Å². The number of carbonyl (C=O) groups is 3. The molecule has 0 saturated carbocycles. The standard InChI is InChI=1S/C19H20N2O4/c1-13(22)20-17(14-6-4-3-5-7-14)12-18(23)21-16-10-8-15(9-11-16)19(24)25-2/h3-11,17H,12H2,1-2H3,(H,20,22)(H,21,23). The van der Waals surface area contributed by atoms with Gasteiger partial charge in [-0.05, 0) is 29.8 Å². The molecule has 0 heterocycles. The number of carbonyl (C=O) groups excluding carboxylic acids is 3. The lowest BCUT2D eigenvalue weighted by Crippen LogP contribution is -2.29. The Morgan fingerprint density at radius 2 is 1.64 bits per heavy atom. The fourth-order valence-electron chi connectivity index (χ4n) is 2.39. The number of benzene rings is 2. The summed E-state index contributed by atoms with van der Waals surface area (Å²) in [6.07, 6.45) is 0.0996. The van der Waals surface area contributed by atoms with E-state index < -0.39 is 12.0 Å². The molecule has 0 aliphatic rings. The molecule has 0 spiro atoms. The minimum absolute atomic E-state index is 0.0996. The molecule has 6 heteroatoms. The van der Waals surface area contributed by atoms with Crippen molar-refractivity contribution < 1.29 is 19.1 Å². The lowest BCUT2D eigenvalue weighted by molar-refractivity contribution is -0.120. The van der Waals surface area contributed by atoms with Crippen molar-refractivity contribution in [1.29, 1.82) is 0 Å². The summed E-state index contributed by atoms with van der Waals surface area (Å²) < 4.78 is 4.63. The van der Waals surface area contributed by atoms with E-state index in [9.17, 15) is 14.4 Å². The van der Waals surface area contributed by atoms with E-state index in [1.165, 1.54) is 14.0 Å². The second kappa shape index (κ2) is 8.63. The topological polar surface area (TPSA) is 84.5 Å². The fourth-order valence-corrected chi connectivity index (χ4v) is 2.39. The predicted octanol–water partition coefficient (Wildman–Crippen LogP) is 2.68. The number of methoxy groups -OCH3 is 1. The second-order valence-electron chi connectivity index (χ2n) is 5.49. The van der Waals surface area contributed by atoms with Gasteiger partial charge < -0.3 is 15.4 Å². The van der Waals surface area contributed by atoms with Crippen molar-refractivity contribution >= 4 is 23.5 Å². The summed E-state index contributed by atoms with van der Waals surface area (Å²) >= 11 is 0. The van der Waals surface area contributed by atoms with Crippen molar-refractivity contribution in [3.63, 3.8) is 0 Å². The van der Waals surface area contributed by atoms with Gasteiger partial charge in [-0.25, -0.2) is 4.79 Å². The maximum atomic E-state index is 12.3. The largest absolute Gasteiger partial charge is 0.465 e. The maximum Gasteiger partial charge on any atom is 0.337 e. The highest BCUT2D eigenvalue weighted by atomic mass is 16.5. The molecule has 0 aliphatic carbocycles. The molecule has 2 aromatic rings. The quantitative estimate of drug-likeness (QED) is 0.792. The molecule has 2 N–H and O–H groups in total. The molecule has 2 rings (SSSR count). The molecule has 1 unspecified atom stereocenters. The van der Waals surface area contributed by atoms with Gasteiger partial charge in [0.2, 0.25) is 11.8 Å². The number of anilines is 1. The number of ether oxygens (including phenoxy) is 1. The van der Waals surface area contributed by atoms with Gasteiger partial charge in [-0.1, -0.05) is 30.3 Å². The van der Waals surface area contributed by atoms with Gasteiger partial charge in [0.1, 0.15) is 0 Å².